The SMILES string of the molecule is C#CCC(N)C(=O)NCc1ncc(CC)s1. The van der Waals surface area contributed by atoms with Crippen molar-refractivity contribution in [3.05, 3.63) is 16.1 Å². The first-order chi connectivity index (χ1) is 7.67. The van der Waals surface area contributed by atoms with Crippen LogP contribution in [0.4, 0.5) is 0 Å². The van der Waals surface area contributed by atoms with Crippen LogP contribution in [0.2, 0.25) is 0 Å². The number of hydrogen-bond donors (Lipinski definition) is 2. The van der Waals surface area contributed by atoms with E-state index in [0.717, 1.165) is 11.4 Å². The predicted molar refractivity (Wildman–Crippen MR) is 64.8 cm³/mol. The van der Waals surface area contributed by atoms with Crippen molar-refractivity contribution in [3.8, 4) is 12.3 Å². The minimum absolute atomic E-state index is 0.230. The summed E-state index contributed by atoms with van der Waals surface area (Å²) in [6.07, 6.45) is 8.12. The Morgan fingerprint density at radius 3 is 3.12 bits per heavy atom. The molecule has 0 aliphatic carbocycles. The van der Waals surface area contributed by atoms with Gasteiger partial charge in [0.05, 0.1) is 12.6 Å². The van der Waals surface area contributed by atoms with Crippen LogP contribution < -0.4 is 11.1 Å². The van der Waals surface area contributed by atoms with Gasteiger partial charge in [0.1, 0.15) is 5.01 Å². The highest BCUT2D eigenvalue weighted by molar-refractivity contribution is 7.11. The van der Waals surface area contributed by atoms with Gasteiger partial charge in [-0.2, -0.15) is 0 Å². The monoisotopic (exact) mass is 237 g/mol. The topological polar surface area (TPSA) is 68.0 Å². The Morgan fingerprint density at radius 2 is 2.56 bits per heavy atom. The molecule has 1 rings (SSSR count). The number of aromatic nitrogens is 1. The number of terminal acetylenes is 1. The van der Waals surface area contributed by atoms with Crippen LogP contribution in [0.5, 0.6) is 0 Å². The zero-order valence-corrected chi connectivity index (χ0v) is 10.0. The van der Waals surface area contributed by atoms with Crippen molar-refractivity contribution < 1.29 is 4.79 Å². The van der Waals surface area contributed by atoms with Gasteiger partial charge in [-0.3, -0.25) is 4.79 Å². The molecule has 3 N–H and O–H groups in total. The maximum atomic E-state index is 11.4. The van der Waals surface area contributed by atoms with Crippen molar-refractivity contribution in [2.24, 2.45) is 5.73 Å². The Morgan fingerprint density at radius 1 is 1.81 bits per heavy atom. The molecule has 0 saturated carbocycles. The summed E-state index contributed by atoms with van der Waals surface area (Å²) < 4.78 is 0. The van der Waals surface area contributed by atoms with Crippen LogP contribution in [-0.4, -0.2) is 16.9 Å². The average Bonchev–Trinajstić information content (AvgIpc) is 2.74. The van der Waals surface area contributed by atoms with Gasteiger partial charge in [-0.25, -0.2) is 4.98 Å². The lowest BCUT2D eigenvalue weighted by Gasteiger charge is -2.07. The summed E-state index contributed by atoms with van der Waals surface area (Å²) in [5, 5.41) is 3.60. The van der Waals surface area contributed by atoms with Crippen molar-refractivity contribution in [3.63, 3.8) is 0 Å². The number of nitrogens with two attached hydrogens (primary N) is 1. The van der Waals surface area contributed by atoms with Crippen LogP contribution in [0.1, 0.15) is 23.2 Å². The van der Waals surface area contributed by atoms with Crippen LogP contribution in [0.3, 0.4) is 0 Å². The van der Waals surface area contributed by atoms with Gasteiger partial charge >= 0.3 is 0 Å². The lowest BCUT2D eigenvalue weighted by molar-refractivity contribution is -0.122. The molecule has 0 aliphatic rings. The first-order valence-electron chi connectivity index (χ1n) is 5.07. The average molecular weight is 237 g/mol. The molecule has 0 spiro atoms. The van der Waals surface area contributed by atoms with E-state index in [4.69, 9.17) is 12.2 Å². The molecule has 1 atom stereocenters. The number of nitrogens with zero attached hydrogens (tertiary/aromatic N) is 1. The normalized spacial score (nSPS) is 11.8. The number of aryl methyl sites for hydroxylation is 1. The summed E-state index contributed by atoms with van der Waals surface area (Å²) in [5.41, 5.74) is 5.55. The number of hydrogen-bond acceptors (Lipinski definition) is 4. The highest BCUT2D eigenvalue weighted by atomic mass is 32.1. The van der Waals surface area contributed by atoms with Gasteiger partial charge in [-0.05, 0) is 6.42 Å². The van der Waals surface area contributed by atoms with Gasteiger partial charge in [0.2, 0.25) is 5.91 Å². The molecular weight excluding hydrogens is 222 g/mol. The molecule has 1 aromatic rings. The van der Waals surface area contributed by atoms with E-state index in [1.807, 2.05) is 6.20 Å². The molecule has 1 amide bonds. The van der Waals surface area contributed by atoms with Crippen molar-refractivity contribution in [1.29, 1.82) is 0 Å². The highest BCUT2D eigenvalue weighted by Gasteiger charge is 2.11. The van der Waals surface area contributed by atoms with E-state index in [2.05, 4.69) is 23.1 Å². The number of nitrogens with one attached hydrogen (secondary N) is 1. The zero-order valence-electron chi connectivity index (χ0n) is 9.19. The molecule has 1 unspecified atom stereocenters. The number of carbonyl (C=O) groups excluding carboxylic acids is 1. The molecule has 0 aromatic carbocycles. The fraction of sp³-hybridized carbons (Fsp3) is 0.455. The Bertz CT molecular complexity index is 394. The molecule has 0 aliphatic heterocycles. The van der Waals surface area contributed by atoms with E-state index in [-0.39, 0.29) is 12.3 Å². The molecule has 0 bridgehead atoms. The minimum atomic E-state index is -0.629. The Hall–Kier alpha value is -1.38. The summed E-state index contributed by atoms with van der Waals surface area (Å²) in [6, 6.07) is -0.629. The van der Waals surface area contributed by atoms with Gasteiger partial charge in [-0.15, -0.1) is 23.7 Å². The number of rotatable bonds is 5. The second kappa shape index (κ2) is 6.26. The Balaban J connectivity index is 2.40. The zero-order chi connectivity index (χ0) is 12.0. The van der Waals surface area contributed by atoms with Gasteiger partial charge in [-0.1, -0.05) is 6.92 Å². The van der Waals surface area contributed by atoms with Crippen LogP contribution in [0, 0.1) is 12.3 Å². The van der Waals surface area contributed by atoms with Crippen LogP contribution in [0.15, 0.2) is 6.20 Å². The van der Waals surface area contributed by atoms with E-state index in [1.54, 1.807) is 11.3 Å². The standard InChI is InChI=1S/C11H15N3OS/c1-3-5-9(12)11(15)14-7-10-13-6-8(4-2)16-10/h1,6,9H,4-5,7,12H2,2H3,(H,14,15). The summed E-state index contributed by atoms with van der Waals surface area (Å²) in [7, 11) is 0. The second-order valence-electron chi connectivity index (χ2n) is 3.31. The molecule has 16 heavy (non-hydrogen) atoms. The molecule has 86 valence electrons. The molecule has 1 heterocycles. The summed E-state index contributed by atoms with van der Waals surface area (Å²) in [6.45, 7) is 2.49. The largest absolute Gasteiger partial charge is 0.348 e. The second-order valence-corrected chi connectivity index (χ2v) is 4.51. The van der Waals surface area contributed by atoms with Crippen LogP contribution in [0.25, 0.3) is 0 Å². The van der Waals surface area contributed by atoms with Crippen molar-refractivity contribution in [2.75, 3.05) is 0 Å². The minimum Gasteiger partial charge on any atom is -0.348 e. The van der Waals surface area contributed by atoms with Crippen molar-refractivity contribution in [2.45, 2.75) is 32.4 Å². The third-order valence-electron chi connectivity index (χ3n) is 2.04. The van der Waals surface area contributed by atoms with E-state index in [9.17, 15) is 4.79 Å². The molecule has 1 aromatic heterocycles. The number of amides is 1. The quantitative estimate of drug-likeness (QED) is 0.740. The lowest BCUT2D eigenvalue weighted by Crippen LogP contribution is -2.39. The van der Waals surface area contributed by atoms with Crippen molar-refractivity contribution >= 4 is 17.2 Å². The number of thiazole rings is 1. The molecule has 4 nitrogen and oxygen atoms in total. The smallest absolute Gasteiger partial charge is 0.238 e. The summed E-state index contributed by atoms with van der Waals surface area (Å²) >= 11 is 1.59. The van der Waals surface area contributed by atoms with E-state index in [1.165, 1.54) is 4.88 Å². The first-order valence-corrected chi connectivity index (χ1v) is 5.89. The van der Waals surface area contributed by atoms with Crippen molar-refractivity contribution in [1.82, 2.24) is 10.3 Å². The maximum absolute atomic E-state index is 11.4. The Kier molecular flexibility index (Phi) is 4.96. The maximum Gasteiger partial charge on any atom is 0.238 e. The molecular formula is C11H15N3OS. The van der Waals surface area contributed by atoms with Crippen LogP contribution >= 0.6 is 11.3 Å². The molecule has 5 heteroatoms. The third-order valence-corrected chi connectivity index (χ3v) is 3.18. The van der Waals surface area contributed by atoms with Gasteiger partial charge in [0, 0.05) is 17.5 Å². The fourth-order valence-corrected chi connectivity index (χ4v) is 1.91. The van der Waals surface area contributed by atoms with Gasteiger partial charge in [0.25, 0.3) is 0 Å². The summed E-state index contributed by atoms with van der Waals surface area (Å²) in [5.74, 6) is 2.13. The predicted octanol–water partition coefficient (Wildman–Crippen LogP) is 0.672. The molecule has 0 fully saturated rings. The Labute approximate surface area is 99.3 Å². The van der Waals surface area contributed by atoms with E-state index < -0.39 is 6.04 Å². The van der Waals surface area contributed by atoms with Gasteiger partial charge in [0.15, 0.2) is 0 Å². The summed E-state index contributed by atoms with van der Waals surface area (Å²) in [4.78, 5) is 16.8. The fourth-order valence-electron chi connectivity index (χ4n) is 1.11. The highest BCUT2D eigenvalue weighted by Crippen LogP contribution is 2.12. The molecule has 0 radical (unpaired) electrons. The van der Waals surface area contributed by atoms with Gasteiger partial charge < -0.3 is 11.1 Å². The first kappa shape index (κ1) is 12.7. The lowest BCUT2D eigenvalue weighted by atomic mass is 10.2. The molecule has 0 saturated heterocycles. The third kappa shape index (κ3) is 3.65. The number of carbonyl (C=O) groups is 1. The van der Waals surface area contributed by atoms with E-state index >= 15 is 0 Å². The van der Waals surface area contributed by atoms with E-state index in [0.29, 0.717) is 6.54 Å². The van der Waals surface area contributed by atoms with Crippen LogP contribution in [-0.2, 0) is 17.8 Å².